The van der Waals surface area contributed by atoms with E-state index in [1.807, 2.05) is 84.1 Å². The van der Waals surface area contributed by atoms with Crippen LogP contribution in [0.3, 0.4) is 0 Å². The van der Waals surface area contributed by atoms with Crippen molar-refractivity contribution in [1.82, 2.24) is 19.5 Å². The number of benzene rings is 8. The van der Waals surface area contributed by atoms with Crippen LogP contribution in [0.2, 0.25) is 0 Å². The average Bonchev–Trinajstić information content (AvgIpc) is 3.96. The maximum absolute atomic E-state index is 6.48. The van der Waals surface area contributed by atoms with Gasteiger partial charge in [0.25, 0.3) is 0 Å². The highest BCUT2D eigenvalue weighted by Gasteiger charge is 2.20. The third kappa shape index (κ3) is 5.04. The standard InChI is InChI=1S/C51H30N4OS/c1-3-13-31(14-4-1)49-52-50(32-15-5-2-6-16-32)54-51(53-49)39-20-12-24-45-47(39)40-29-33(26-28-44(40)56-45)34-25-27-37-38-19-11-23-43(48(38)57-46(37)30-34)55-41-21-9-7-17-35(41)36-18-8-10-22-42(36)55/h1-30H. The summed E-state index contributed by atoms with van der Waals surface area (Å²) < 4.78 is 11.4. The second-order valence-electron chi connectivity index (χ2n) is 14.4. The SMILES string of the molecule is c1ccc(-c2nc(-c3ccccc3)nc(-c3cccc4oc5ccc(-c6ccc7c(c6)sc6c(-n8c9ccccc9c9ccccc98)cccc67)cc5c34)n2)cc1. The van der Waals surface area contributed by atoms with E-state index in [0.717, 1.165) is 49.8 Å². The molecule has 0 fully saturated rings. The van der Waals surface area contributed by atoms with Crippen molar-refractivity contribution < 1.29 is 4.42 Å². The second kappa shape index (κ2) is 12.6. The highest BCUT2D eigenvalue weighted by molar-refractivity contribution is 7.26. The molecule has 0 spiro atoms. The summed E-state index contributed by atoms with van der Waals surface area (Å²) in [5.41, 5.74) is 10.3. The number of furan rings is 1. The summed E-state index contributed by atoms with van der Waals surface area (Å²) in [6, 6.07) is 63.8. The Morgan fingerprint density at radius 1 is 0.404 bits per heavy atom. The molecule has 0 atom stereocenters. The zero-order valence-electron chi connectivity index (χ0n) is 30.4. The summed E-state index contributed by atoms with van der Waals surface area (Å²) in [4.78, 5) is 15.1. The number of nitrogens with zero attached hydrogens (tertiary/aromatic N) is 4. The van der Waals surface area contributed by atoms with Gasteiger partial charge in [0, 0.05) is 53.7 Å². The molecule has 0 bridgehead atoms. The lowest BCUT2D eigenvalue weighted by Gasteiger charge is -2.09. The molecule has 0 saturated carbocycles. The van der Waals surface area contributed by atoms with Gasteiger partial charge in [-0.2, -0.15) is 0 Å². The fraction of sp³-hybridized carbons (Fsp3) is 0. The molecule has 0 unspecified atom stereocenters. The first kappa shape index (κ1) is 31.9. The van der Waals surface area contributed by atoms with Crippen LogP contribution in [0.5, 0.6) is 0 Å². The van der Waals surface area contributed by atoms with E-state index < -0.39 is 0 Å². The first-order chi connectivity index (χ1) is 28.2. The first-order valence-electron chi connectivity index (χ1n) is 19.0. The molecule has 266 valence electrons. The van der Waals surface area contributed by atoms with E-state index in [9.17, 15) is 0 Å². The molecule has 0 amide bonds. The van der Waals surface area contributed by atoms with Crippen molar-refractivity contribution in [1.29, 1.82) is 0 Å². The molecular formula is C51H30N4OS. The highest BCUT2D eigenvalue weighted by atomic mass is 32.1. The molecule has 0 N–H and O–H groups in total. The van der Waals surface area contributed by atoms with E-state index in [4.69, 9.17) is 19.4 Å². The molecule has 0 aliphatic carbocycles. The second-order valence-corrected chi connectivity index (χ2v) is 15.4. The van der Waals surface area contributed by atoms with Crippen molar-refractivity contribution in [3.8, 4) is 51.0 Å². The van der Waals surface area contributed by atoms with Crippen molar-refractivity contribution >= 4 is 75.3 Å². The van der Waals surface area contributed by atoms with Crippen molar-refractivity contribution in [3.63, 3.8) is 0 Å². The Kier molecular flexibility index (Phi) is 7.03. The summed E-state index contributed by atoms with van der Waals surface area (Å²) in [5, 5.41) is 7.06. The Morgan fingerprint density at radius 3 is 1.72 bits per heavy atom. The number of hydrogen-bond donors (Lipinski definition) is 0. The van der Waals surface area contributed by atoms with Gasteiger partial charge in [0.15, 0.2) is 17.5 Å². The Hall–Kier alpha value is -7.41. The molecular weight excluding hydrogens is 717 g/mol. The van der Waals surface area contributed by atoms with E-state index in [-0.39, 0.29) is 0 Å². The minimum atomic E-state index is 0.604. The van der Waals surface area contributed by atoms with Crippen molar-refractivity contribution in [2.45, 2.75) is 0 Å². The van der Waals surface area contributed by atoms with Crippen LogP contribution in [-0.4, -0.2) is 19.5 Å². The number of thiophene rings is 1. The lowest BCUT2D eigenvalue weighted by Crippen LogP contribution is -2.00. The molecule has 4 aromatic heterocycles. The molecule has 8 aromatic carbocycles. The Morgan fingerprint density at radius 2 is 1.00 bits per heavy atom. The van der Waals surface area contributed by atoms with Crippen LogP contribution in [0.4, 0.5) is 0 Å². The molecule has 0 radical (unpaired) electrons. The lowest BCUT2D eigenvalue weighted by atomic mass is 9.99. The summed E-state index contributed by atoms with van der Waals surface area (Å²) >= 11 is 1.86. The topological polar surface area (TPSA) is 56.7 Å². The molecule has 4 heterocycles. The molecule has 5 nitrogen and oxygen atoms in total. The first-order valence-corrected chi connectivity index (χ1v) is 19.8. The molecule has 0 aliphatic heterocycles. The molecule has 6 heteroatoms. The van der Waals surface area contributed by atoms with Gasteiger partial charge in [0.1, 0.15) is 11.2 Å². The fourth-order valence-electron chi connectivity index (χ4n) is 8.44. The average molecular weight is 747 g/mol. The monoisotopic (exact) mass is 746 g/mol. The third-order valence-electron chi connectivity index (χ3n) is 11.1. The fourth-order valence-corrected chi connectivity index (χ4v) is 9.69. The largest absolute Gasteiger partial charge is 0.456 e. The van der Waals surface area contributed by atoms with Crippen molar-refractivity contribution in [2.75, 3.05) is 0 Å². The summed E-state index contributed by atoms with van der Waals surface area (Å²) in [6.07, 6.45) is 0. The van der Waals surface area contributed by atoms with Gasteiger partial charge < -0.3 is 8.98 Å². The predicted octanol–water partition coefficient (Wildman–Crippen LogP) is 13.9. The molecule has 57 heavy (non-hydrogen) atoms. The van der Waals surface area contributed by atoms with Crippen LogP contribution in [0.1, 0.15) is 0 Å². The number of aromatic nitrogens is 4. The van der Waals surface area contributed by atoms with E-state index in [2.05, 4.69) is 114 Å². The van der Waals surface area contributed by atoms with E-state index in [1.54, 1.807) is 0 Å². The van der Waals surface area contributed by atoms with Crippen molar-refractivity contribution in [2.24, 2.45) is 0 Å². The zero-order chi connectivity index (χ0) is 37.5. The van der Waals surface area contributed by atoms with Crippen molar-refractivity contribution in [3.05, 3.63) is 182 Å². The van der Waals surface area contributed by atoms with Crippen LogP contribution < -0.4 is 0 Å². The van der Waals surface area contributed by atoms with Gasteiger partial charge in [-0.25, -0.2) is 15.0 Å². The van der Waals surface area contributed by atoms with Crippen LogP contribution in [0.15, 0.2) is 186 Å². The van der Waals surface area contributed by atoms with Gasteiger partial charge in [-0.3, -0.25) is 0 Å². The maximum atomic E-state index is 6.48. The number of hydrogen-bond acceptors (Lipinski definition) is 5. The minimum absolute atomic E-state index is 0.604. The Balaban J connectivity index is 1.01. The van der Waals surface area contributed by atoms with E-state index in [0.29, 0.717) is 17.5 Å². The molecule has 12 rings (SSSR count). The number of fused-ring (bicyclic) bond motifs is 9. The van der Waals surface area contributed by atoms with Gasteiger partial charge >= 0.3 is 0 Å². The summed E-state index contributed by atoms with van der Waals surface area (Å²) in [7, 11) is 0. The molecule has 0 aliphatic rings. The summed E-state index contributed by atoms with van der Waals surface area (Å²) in [6.45, 7) is 0. The third-order valence-corrected chi connectivity index (χ3v) is 12.3. The van der Waals surface area contributed by atoms with Gasteiger partial charge in [0.2, 0.25) is 0 Å². The van der Waals surface area contributed by atoms with E-state index >= 15 is 0 Å². The predicted molar refractivity (Wildman–Crippen MR) is 236 cm³/mol. The van der Waals surface area contributed by atoms with Gasteiger partial charge in [-0.05, 0) is 53.6 Å². The zero-order valence-corrected chi connectivity index (χ0v) is 31.2. The smallest absolute Gasteiger partial charge is 0.164 e. The number of para-hydroxylation sites is 2. The Labute approximate surface area is 330 Å². The van der Waals surface area contributed by atoms with Crippen LogP contribution in [0, 0.1) is 0 Å². The maximum Gasteiger partial charge on any atom is 0.164 e. The van der Waals surface area contributed by atoms with Crippen LogP contribution in [0.25, 0.3) is 115 Å². The van der Waals surface area contributed by atoms with Gasteiger partial charge in [-0.1, -0.05) is 140 Å². The Bertz CT molecular complexity index is 3420. The quantitative estimate of drug-likeness (QED) is 0.176. The van der Waals surface area contributed by atoms with E-state index in [1.165, 1.54) is 47.7 Å². The van der Waals surface area contributed by atoms with Crippen LogP contribution in [-0.2, 0) is 0 Å². The summed E-state index contributed by atoms with van der Waals surface area (Å²) in [5.74, 6) is 1.86. The molecule has 12 aromatic rings. The van der Waals surface area contributed by atoms with Gasteiger partial charge in [-0.15, -0.1) is 11.3 Å². The minimum Gasteiger partial charge on any atom is -0.456 e. The highest BCUT2D eigenvalue weighted by Crippen LogP contribution is 2.43. The lowest BCUT2D eigenvalue weighted by molar-refractivity contribution is 0.669. The molecule has 0 saturated heterocycles. The van der Waals surface area contributed by atoms with Gasteiger partial charge in [0.05, 0.1) is 21.4 Å². The number of rotatable bonds is 5. The normalized spacial score (nSPS) is 11.9. The van der Waals surface area contributed by atoms with Crippen LogP contribution >= 0.6 is 11.3 Å².